The van der Waals surface area contributed by atoms with Crippen molar-refractivity contribution in [2.75, 3.05) is 26.4 Å². The number of benzene rings is 1. The lowest BCUT2D eigenvalue weighted by atomic mass is 10.2. The zero-order chi connectivity index (χ0) is 27.2. The molecule has 1 unspecified atom stereocenters. The summed E-state index contributed by atoms with van der Waals surface area (Å²) in [5, 5.41) is 0. The van der Waals surface area contributed by atoms with Gasteiger partial charge < -0.3 is 18.1 Å². The molecule has 0 saturated heterocycles. The highest BCUT2D eigenvalue weighted by molar-refractivity contribution is 9.26. The Kier molecular flexibility index (Phi) is 17.7. The smallest absolute Gasteiger partial charge is 0.308 e. The molecule has 0 aliphatic rings. The predicted molar refractivity (Wildman–Crippen MR) is 164 cm³/mol. The van der Waals surface area contributed by atoms with Gasteiger partial charge in [-0.05, 0) is 31.2 Å². The fourth-order valence-corrected chi connectivity index (χ4v) is 11.2. The lowest BCUT2D eigenvalue weighted by Crippen LogP contribution is -2.17. The normalized spacial score (nSPS) is 13.8. The highest BCUT2D eigenvalue weighted by Gasteiger charge is 2.51. The minimum absolute atomic E-state index is 0.309. The van der Waals surface area contributed by atoms with Crippen LogP contribution in [-0.4, -0.2) is 26.4 Å². The number of hydrogen-bond donors (Lipinski definition) is 0. The van der Waals surface area contributed by atoms with Crippen molar-refractivity contribution in [2.24, 2.45) is 0 Å². The van der Waals surface area contributed by atoms with Gasteiger partial charge in [-0.1, -0.05) is 135 Å². The van der Waals surface area contributed by atoms with Gasteiger partial charge in [-0.15, -0.1) is 0 Å². The van der Waals surface area contributed by atoms with Crippen molar-refractivity contribution in [1.29, 1.82) is 0 Å². The van der Waals surface area contributed by atoms with Gasteiger partial charge >= 0.3 is 15.2 Å². The zero-order valence-corrected chi connectivity index (χ0v) is 29.8. The Morgan fingerprint density at radius 3 is 1.61 bits per heavy atom. The second kappa shape index (κ2) is 18.0. The monoisotopic (exact) mass is 802 g/mol. The molecule has 6 nitrogen and oxygen atoms in total. The third-order valence-corrected chi connectivity index (χ3v) is 15.5. The summed E-state index contributed by atoms with van der Waals surface area (Å²) in [6.07, 6.45) is 6.72. The minimum Gasteiger partial charge on any atom is -0.308 e. The molecule has 0 spiro atoms. The van der Waals surface area contributed by atoms with Gasteiger partial charge in [0.1, 0.15) is 4.57 Å². The second-order valence-electron chi connectivity index (χ2n) is 8.37. The highest BCUT2D eigenvalue weighted by Crippen LogP contribution is 2.73. The maximum atomic E-state index is 14.1. The Morgan fingerprint density at radius 1 is 0.778 bits per heavy atom. The maximum Gasteiger partial charge on any atom is 0.362 e. The van der Waals surface area contributed by atoms with Gasteiger partial charge in [0.15, 0.2) is 0 Å². The van der Waals surface area contributed by atoms with Crippen LogP contribution in [0.5, 0.6) is 0 Å². The van der Waals surface area contributed by atoms with Crippen LogP contribution in [0.15, 0.2) is 22.7 Å². The van der Waals surface area contributed by atoms with Crippen molar-refractivity contribution < 1.29 is 27.2 Å². The fourth-order valence-electron chi connectivity index (χ4n) is 2.98. The fraction of sp³-hybridized carbons (Fsp3) is 0.750. The Morgan fingerprint density at radius 2 is 1.19 bits per heavy atom. The molecule has 0 bridgehead atoms. The summed E-state index contributed by atoms with van der Waals surface area (Å²) in [5.74, 6) is 0. The van der Waals surface area contributed by atoms with Crippen LogP contribution in [0, 0.1) is 0 Å². The first-order valence-electron chi connectivity index (χ1n) is 12.6. The molecule has 0 amide bonds. The van der Waals surface area contributed by atoms with Crippen LogP contribution in [-0.2, 0) is 30.2 Å². The van der Waals surface area contributed by atoms with Crippen molar-refractivity contribution >= 4 is 78.9 Å². The number of unbranched alkanes of at least 4 members (excludes halogenated alkanes) is 4. The van der Waals surface area contributed by atoms with Crippen LogP contribution in [0.3, 0.4) is 0 Å². The van der Waals surface area contributed by atoms with Crippen molar-refractivity contribution in [3.63, 3.8) is 0 Å². The summed E-state index contributed by atoms with van der Waals surface area (Å²) in [6, 6.07) is 5.46. The van der Waals surface area contributed by atoms with Crippen LogP contribution >= 0.6 is 78.9 Å². The van der Waals surface area contributed by atoms with E-state index in [0.29, 0.717) is 42.0 Å². The summed E-state index contributed by atoms with van der Waals surface area (Å²) >= 11 is 14.5. The molecule has 0 aliphatic heterocycles. The molecule has 36 heavy (non-hydrogen) atoms. The van der Waals surface area contributed by atoms with E-state index in [-0.39, 0.29) is 0 Å². The van der Waals surface area contributed by atoms with Gasteiger partial charge in [-0.3, -0.25) is 9.13 Å². The Balaban J connectivity index is 3.42. The quantitative estimate of drug-likeness (QED) is 0.0743. The molecular formula is C24H40Br4O6P2. The van der Waals surface area contributed by atoms with Crippen LogP contribution in [0.4, 0.5) is 0 Å². The number of rotatable bonds is 20. The molecule has 12 heteroatoms. The van der Waals surface area contributed by atoms with Crippen molar-refractivity contribution in [3.05, 3.63) is 33.8 Å². The molecule has 0 radical (unpaired) electrons. The van der Waals surface area contributed by atoms with E-state index in [1.165, 1.54) is 0 Å². The Hall–Kier alpha value is 1.44. The van der Waals surface area contributed by atoms with Crippen molar-refractivity contribution in [3.8, 4) is 0 Å². The molecule has 1 aromatic rings. The van der Waals surface area contributed by atoms with E-state index in [1.54, 1.807) is 0 Å². The summed E-state index contributed by atoms with van der Waals surface area (Å²) in [6.45, 7) is 9.48. The first-order chi connectivity index (χ1) is 17.0. The summed E-state index contributed by atoms with van der Waals surface area (Å²) < 4.78 is 50.0. The number of hydrogen-bond acceptors (Lipinski definition) is 6. The summed E-state index contributed by atoms with van der Waals surface area (Å²) in [4.78, 5) is 0. The highest BCUT2D eigenvalue weighted by atomic mass is 79.9. The van der Waals surface area contributed by atoms with E-state index in [0.717, 1.165) is 51.4 Å². The predicted octanol–water partition coefficient (Wildman–Crippen LogP) is 11.4. The Bertz CT molecular complexity index is 843. The van der Waals surface area contributed by atoms with Gasteiger partial charge in [-0.25, -0.2) is 0 Å². The van der Waals surface area contributed by atoms with Gasteiger partial charge in [0.05, 0.1) is 26.4 Å². The maximum absolute atomic E-state index is 14.1. The molecule has 0 saturated carbocycles. The third-order valence-electron chi connectivity index (χ3n) is 5.29. The topological polar surface area (TPSA) is 71.1 Å². The molecular weight excluding hydrogens is 766 g/mol. The third kappa shape index (κ3) is 10.1. The molecule has 0 aliphatic carbocycles. The first-order valence-corrected chi connectivity index (χ1v) is 19.1. The standard InChI is InChI=1S/C24H40Br4O6P2/c1-5-9-16-31-35(29,32-17-10-6-2)23(26)20-14-13-15-21(22(20)25)24(27,28)36(30,33-18-11-7-3)34-19-12-8-4/h13-15,23H,5-12,16-19H2,1-4H3. The zero-order valence-electron chi connectivity index (χ0n) is 21.7. The SMILES string of the molecule is CCCCOP(=O)(OCCCC)C(Br)c1cccc(C(Br)(Br)P(=O)(OCCCC)OCCCC)c1Br. The summed E-state index contributed by atoms with van der Waals surface area (Å²) in [7, 11) is -7.26. The molecule has 0 N–H and O–H groups in total. The molecule has 0 fully saturated rings. The largest absolute Gasteiger partial charge is 0.362 e. The van der Waals surface area contributed by atoms with E-state index in [9.17, 15) is 9.13 Å². The van der Waals surface area contributed by atoms with E-state index in [1.807, 2.05) is 45.9 Å². The van der Waals surface area contributed by atoms with Crippen LogP contribution in [0.25, 0.3) is 0 Å². The lowest BCUT2D eigenvalue weighted by molar-refractivity contribution is 0.197. The van der Waals surface area contributed by atoms with Gasteiger partial charge in [-0.2, -0.15) is 0 Å². The molecule has 210 valence electrons. The number of alkyl halides is 3. The minimum atomic E-state index is -3.71. The molecule has 1 rings (SSSR count). The average Bonchev–Trinajstić information content (AvgIpc) is 2.84. The van der Waals surface area contributed by atoms with Gasteiger partial charge in [0, 0.05) is 10.0 Å². The van der Waals surface area contributed by atoms with Crippen LogP contribution in [0.1, 0.15) is 94.8 Å². The van der Waals surface area contributed by atoms with E-state index in [4.69, 9.17) is 18.1 Å². The molecule has 0 aromatic heterocycles. The lowest BCUT2D eigenvalue weighted by Gasteiger charge is -2.32. The van der Waals surface area contributed by atoms with Crippen molar-refractivity contribution in [1.82, 2.24) is 0 Å². The van der Waals surface area contributed by atoms with Crippen LogP contribution < -0.4 is 0 Å². The first kappa shape index (κ1) is 35.5. The van der Waals surface area contributed by atoms with E-state index >= 15 is 0 Å². The number of halogens is 4. The Labute approximate surface area is 251 Å². The molecule has 1 atom stereocenters. The molecule has 1 aromatic carbocycles. The van der Waals surface area contributed by atoms with Crippen molar-refractivity contribution in [2.45, 2.75) is 86.6 Å². The van der Waals surface area contributed by atoms with Crippen LogP contribution in [0.2, 0.25) is 0 Å². The summed E-state index contributed by atoms with van der Waals surface area (Å²) in [5.41, 5.74) is 1.25. The average molecular weight is 806 g/mol. The van der Waals surface area contributed by atoms with Gasteiger partial charge in [0.2, 0.25) is 2.97 Å². The molecule has 0 heterocycles. The van der Waals surface area contributed by atoms with E-state index < -0.39 is 22.7 Å². The van der Waals surface area contributed by atoms with E-state index in [2.05, 4.69) is 63.7 Å². The second-order valence-corrected chi connectivity index (χ2v) is 19.8. The van der Waals surface area contributed by atoms with Gasteiger partial charge in [0.25, 0.3) is 0 Å².